The number of nitrogens with zero attached hydrogens (tertiary/aromatic N) is 4. The summed E-state index contributed by atoms with van der Waals surface area (Å²) in [4.78, 5) is 26.8. The molecule has 2 unspecified atom stereocenters. The average molecular weight is 412 g/mol. The summed E-state index contributed by atoms with van der Waals surface area (Å²) >= 11 is 0. The van der Waals surface area contributed by atoms with Crippen LogP contribution in [0, 0.1) is 11.3 Å². The Kier molecular flexibility index (Phi) is 6.13. The van der Waals surface area contributed by atoms with Crippen molar-refractivity contribution < 1.29 is 19.4 Å². The zero-order valence-corrected chi connectivity index (χ0v) is 17.1. The second-order valence-corrected chi connectivity index (χ2v) is 8.39. The zero-order chi connectivity index (χ0) is 21.0. The predicted octanol–water partition coefficient (Wildman–Crippen LogP) is 1.79. The van der Waals surface area contributed by atoms with Crippen molar-refractivity contribution in [2.24, 2.45) is 11.3 Å². The standard InChI is InChI=1S/C22H28N4O4/c27-20(18-8-12-30-15-18)25-10-4-9-22(16-25,21(28)29)13-19-14-26(24-23-19)11-7-17-5-2-1-3-6-17/h1-3,5-6,14,18H,4,7-13,15-16H2,(H,28,29). The molecule has 8 nitrogen and oxygen atoms in total. The van der Waals surface area contributed by atoms with E-state index >= 15 is 0 Å². The van der Waals surface area contributed by atoms with Gasteiger partial charge in [0.2, 0.25) is 5.91 Å². The first-order chi connectivity index (χ1) is 14.6. The minimum atomic E-state index is -1.02. The Hall–Kier alpha value is -2.74. The molecular formula is C22H28N4O4. The van der Waals surface area contributed by atoms with E-state index in [0.29, 0.717) is 51.3 Å². The first-order valence-corrected chi connectivity index (χ1v) is 10.6. The van der Waals surface area contributed by atoms with Crippen LogP contribution in [0.4, 0.5) is 0 Å². The van der Waals surface area contributed by atoms with Gasteiger partial charge < -0.3 is 14.7 Å². The normalized spacial score (nSPS) is 24.1. The van der Waals surface area contributed by atoms with E-state index < -0.39 is 11.4 Å². The number of carbonyl (C=O) groups excluding carboxylic acids is 1. The van der Waals surface area contributed by atoms with E-state index in [0.717, 1.165) is 6.42 Å². The summed E-state index contributed by atoms with van der Waals surface area (Å²) in [5.41, 5.74) is 0.853. The number of likely N-dealkylation sites (tertiary alicyclic amines) is 1. The van der Waals surface area contributed by atoms with Gasteiger partial charge in [0, 0.05) is 38.9 Å². The molecule has 0 radical (unpaired) electrons. The summed E-state index contributed by atoms with van der Waals surface area (Å²) in [6.07, 6.45) is 4.86. The molecule has 2 saturated heterocycles. The molecule has 0 bridgehead atoms. The van der Waals surface area contributed by atoms with E-state index in [-0.39, 0.29) is 24.8 Å². The first-order valence-electron chi connectivity index (χ1n) is 10.6. The summed E-state index contributed by atoms with van der Waals surface area (Å²) in [6, 6.07) is 10.1. The van der Waals surface area contributed by atoms with Crippen molar-refractivity contribution in [2.75, 3.05) is 26.3 Å². The van der Waals surface area contributed by atoms with Crippen molar-refractivity contribution in [1.82, 2.24) is 19.9 Å². The van der Waals surface area contributed by atoms with Crippen molar-refractivity contribution in [3.05, 3.63) is 47.8 Å². The fourth-order valence-electron chi connectivity index (χ4n) is 4.47. The average Bonchev–Trinajstić information content (AvgIpc) is 3.45. The van der Waals surface area contributed by atoms with E-state index in [1.165, 1.54) is 5.56 Å². The zero-order valence-electron chi connectivity index (χ0n) is 17.1. The molecule has 2 aliphatic heterocycles. The monoisotopic (exact) mass is 412 g/mol. The van der Waals surface area contributed by atoms with E-state index in [9.17, 15) is 14.7 Å². The highest BCUT2D eigenvalue weighted by Crippen LogP contribution is 2.35. The van der Waals surface area contributed by atoms with Gasteiger partial charge in [-0.25, -0.2) is 0 Å². The van der Waals surface area contributed by atoms with Crippen LogP contribution in [0.2, 0.25) is 0 Å². The lowest BCUT2D eigenvalue weighted by molar-refractivity contribution is -0.155. The second kappa shape index (κ2) is 8.95. The van der Waals surface area contributed by atoms with Crippen molar-refractivity contribution in [3.8, 4) is 0 Å². The molecule has 0 saturated carbocycles. The molecule has 2 aromatic rings. The fraction of sp³-hybridized carbons (Fsp3) is 0.545. The molecule has 2 fully saturated rings. The van der Waals surface area contributed by atoms with Crippen LogP contribution in [-0.4, -0.2) is 63.2 Å². The van der Waals surface area contributed by atoms with Gasteiger partial charge >= 0.3 is 5.97 Å². The molecule has 30 heavy (non-hydrogen) atoms. The number of piperidine rings is 1. The summed E-state index contributed by atoms with van der Waals surface area (Å²) in [7, 11) is 0. The number of benzene rings is 1. The number of carbonyl (C=O) groups is 2. The summed E-state index contributed by atoms with van der Waals surface area (Å²) in [6.45, 7) is 2.54. The molecule has 1 aromatic carbocycles. The molecule has 8 heteroatoms. The maximum atomic E-state index is 12.8. The summed E-state index contributed by atoms with van der Waals surface area (Å²) in [5.74, 6) is -1.00. The van der Waals surface area contributed by atoms with Gasteiger partial charge in [-0.3, -0.25) is 14.3 Å². The number of aromatic nitrogens is 3. The van der Waals surface area contributed by atoms with E-state index in [2.05, 4.69) is 22.4 Å². The number of carboxylic acid groups (broad SMARTS) is 1. The van der Waals surface area contributed by atoms with Crippen molar-refractivity contribution in [1.29, 1.82) is 0 Å². The molecule has 3 heterocycles. The third-order valence-corrected chi connectivity index (χ3v) is 6.20. The number of carboxylic acids is 1. The first kappa shape index (κ1) is 20.5. The lowest BCUT2D eigenvalue weighted by Crippen LogP contribution is -2.52. The second-order valence-electron chi connectivity index (χ2n) is 8.39. The molecule has 1 N–H and O–H groups in total. The lowest BCUT2D eigenvalue weighted by Gasteiger charge is -2.40. The number of aryl methyl sites for hydroxylation is 2. The maximum Gasteiger partial charge on any atom is 0.311 e. The van der Waals surface area contributed by atoms with Gasteiger partial charge in [0.1, 0.15) is 0 Å². The fourth-order valence-corrected chi connectivity index (χ4v) is 4.47. The summed E-state index contributed by atoms with van der Waals surface area (Å²) in [5, 5.41) is 18.5. The van der Waals surface area contributed by atoms with Gasteiger partial charge in [-0.05, 0) is 31.2 Å². The van der Waals surface area contributed by atoms with Crippen LogP contribution in [0.5, 0.6) is 0 Å². The third-order valence-electron chi connectivity index (χ3n) is 6.20. The highest BCUT2D eigenvalue weighted by Gasteiger charge is 2.45. The summed E-state index contributed by atoms with van der Waals surface area (Å²) < 4.78 is 7.10. The molecule has 1 aromatic heterocycles. The molecular weight excluding hydrogens is 384 g/mol. The minimum absolute atomic E-state index is 0.0179. The van der Waals surface area contributed by atoms with Crippen molar-refractivity contribution in [2.45, 2.75) is 38.6 Å². The van der Waals surface area contributed by atoms with E-state index in [4.69, 9.17) is 4.74 Å². The smallest absolute Gasteiger partial charge is 0.311 e. The molecule has 0 spiro atoms. The van der Waals surface area contributed by atoms with Crippen LogP contribution in [-0.2, 0) is 33.7 Å². The number of amides is 1. The molecule has 1 amide bonds. The Morgan fingerprint density at radius 1 is 1.27 bits per heavy atom. The van der Waals surface area contributed by atoms with Gasteiger partial charge in [0.25, 0.3) is 0 Å². The molecule has 2 atom stereocenters. The third kappa shape index (κ3) is 4.53. The molecule has 2 aliphatic rings. The Morgan fingerprint density at radius 2 is 2.10 bits per heavy atom. The lowest BCUT2D eigenvalue weighted by atomic mass is 9.76. The van der Waals surface area contributed by atoms with Gasteiger partial charge in [0.15, 0.2) is 0 Å². The van der Waals surface area contributed by atoms with Crippen molar-refractivity contribution in [3.63, 3.8) is 0 Å². The van der Waals surface area contributed by atoms with Gasteiger partial charge in [-0.1, -0.05) is 35.5 Å². The Bertz CT molecular complexity index is 878. The van der Waals surface area contributed by atoms with Crippen LogP contribution in [0.1, 0.15) is 30.5 Å². The molecule has 4 rings (SSSR count). The number of aliphatic carboxylic acids is 1. The van der Waals surface area contributed by atoms with Crippen LogP contribution >= 0.6 is 0 Å². The van der Waals surface area contributed by atoms with Gasteiger partial charge in [-0.2, -0.15) is 0 Å². The highest BCUT2D eigenvalue weighted by atomic mass is 16.5. The Balaban J connectivity index is 1.42. The predicted molar refractivity (Wildman–Crippen MR) is 109 cm³/mol. The van der Waals surface area contributed by atoms with Crippen LogP contribution < -0.4 is 0 Å². The van der Waals surface area contributed by atoms with E-state index in [1.54, 1.807) is 9.58 Å². The quantitative estimate of drug-likeness (QED) is 0.745. The SMILES string of the molecule is O=C(C1CCOC1)N1CCCC(Cc2cn(CCc3ccccc3)nn2)(C(=O)O)C1. The van der Waals surface area contributed by atoms with Crippen LogP contribution in [0.25, 0.3) is 0 Å². The Labute approximate surface area is 175 Å². The van der Waals surface area contributed by atoms with Gasteiger partial charge in [-0.15, -0.1) is 5.10 Å². The maximum absolute atomic E-state index is 12.8. The number of ether oxygens (including phenoxy) is 1. The molecule has 0 aliphatic carbocycles. The largest absolute Gasteiger partial charge is 0.481 e. The van der Waals surface area contributed by atoms with E-state index in [1.807, 2.05) is 24.4 Å². The minimum Gasteiger partial charge on any atom is -0.481 e. The number of hydrogen-bond acceptors (Lipinski definition) is 5. The molecule has 160 valence electrons. The van der Waals surface area contributed by atoms with Crippen molar-refractivity contribution >= 4 is 11.9 Å². The Morgan fingerprint density at radius 3 is 2.83 bits per heavy atom. The van der Waals surface area contributed by atoms with Crippen LogP contribution in [0.15, 0.2) is 36.5 Å². The topological polar surface area (TPSA) is 97.5 Å². The number of hydrogen-bond donors (Lipinski definition) is 1. The van der Waals surface area contributed by atoms with Gasteiger partial charge in [0.05, 0.1) is 23.6 Å². The highest BCUT2D eigenvalue weighted by molar-refractivity contribution is 5.81. The number of rotatable bonds is 7. The van der Waals surface area contributed by atoms with Crippen LogP contribution in [0.3, 0.4) is 0 Å².